The van der Waals surface area contributed by atoms with Gasteiger partial charge in [0, 0.05) is 153 Å². The van der Waals surface area contributed by atoms with Gasteiger partial charge in [0.05, 0.1) is 52.9 Å². The normalized spacial score (nSPS) is 11.0. The van der Waals surface area contributed by atoms with Crippen LogP contribution < -0.4 is 0 Å². The highest BCUT2D eigenvalue weighted by atomic mass is 35.5. The molecule has 0 aliphatic heterocycles. The Hall–Kier alpha value is -10.9. The number of carbonyl (C=O) groups excluding carboxylic acids is 5. The average molecular weight is 1880 g/mol. The Bertz CT molecular complexity index is 6260. The van der Waals surface area contributed by atoms with E-state index in [0.29, 0.717) is 114 Å². The Morgan fingerprint density at radius 1 is 0.304 bits per heavy atom. The third-order valence-electron chi connectivity index (χ3n) is 19.4. The molecule has 0 bridgehead atoms. The summed E-state index contributed by atoms with van der Waals surface area (Å²) >= 11 is 59.1. The first kappa shape index (κ1) is 94.8. The number of halogens is 10. The molecule has 0 aliphatic rings. The van der Waals surface area contributed by atoms with E-state index in [1.165, 1.54) is 83.6 Å². The lowest BCUT2D eigenvalue weighted by atomic mass is 9.86. The van der Waals surface area contributed by atoms with E-state index >= 15 is 0 Å². The summed E-state index contributed by atoms with van der Waals surface area (Å²) in [5.41, 5.74) is 17.7. The van der Waals surface area contributed by atoms with Crippen molar-refractivity contribution < 1.29 is 46.6 Å². The van der Waals surface area contributed by atoms with E-state index in [-0.39, 0.29) is 92.2 Å². The summed E-state index contributed by atoms with van der Waals surface area (Å²) < 4.78 is 26.7. The van der Waals surface area contributed by atoms with Crippen LogP contribution in [0.15, 0.2) is 230 Å². The molecule has 30 heteroatoms. The Labute approximate surface area is 771 Å². The lowest BCUT2D eigenvalue weighted by Crippen LogP contribution is -2.10. The zero-order chi connectivity index (χ0) is 89.6. The van der Waals surface area contributed by atoms with E-state index in [1.807, 2.05) is 116 Å². The summed E-state index contributed by atoms with van der Waals surface area (Å²) in [6.07, 6.45) is 11.4. The largest absolute Gasteiger partial charge is 0.361 e. The fraction of sp³-hybridized carbons (Fsp3) is 0.211. The van der Waals surface area contributed by atoms with Gasteiger partial charge in [-0.15, -0.1) is 0 Å². The molecular weight excluding hydrogens is 1800 g/mol. The predicted molar refractivity (Wildman–Crippen MR) is 491 cm³/mol. The van der Waals surface area contributed by atoms with Gasteiger partial charge in [-0.2, -0.15) is 0 Å². The lowest BCUT2D eigenvalue weighted by Gasteiger charge is -2.18. The summed E-state index contributed by atoms with van der Waals surface area (Å²) in [5.74, 6) is 2.55. The van der Waals surface area contributed by atoms with E-state index in [0.717, 1.165) is 73.8 Å². The van der Waals surface area contributed by atoms with Crippen molar-refractivity contribution in [3.63, 3.8) is 0 Å². The van der Waals surface area contributed by atoms with Gasteiger partial charge in [0.25, 0.3) is 0 Å². The molecule has 0 spiro atoms. The van der Waals surface area contributed by atoms with Crippen LogP contribution >= 0.6 is 116 Å². The van der Waals surface area contributed by atoms with Crippen molar-refractivity contribution in [3.8, 4) is 56.3 Å². The van der Waals surface area contributed by atoms with Crippen molar-refractivity contribution in [2.24, 2.45) is 0 Å². The molecule has 0 saturated heterocycles. The Morgan fingerprint density at radius 2 is 0.560 bits per heavy atom. The SMILES string of the molecule is CC(C)(C)c1ccc(-c2cc(CCC(=O)c3cc(Cl)cnc3Cl)on2)cc1.CCc1ccc(-c2cc(CCC(=O)c3cc(Cl)cnc3Cl)on2)cc1.Cc1cc(C)c(-c2cc(CCC(=O)c3cc(Cl)cnc3Cl)on2)c(C)c1.Cc1ccc(-c2cc(CCC(=O)c3cc(Cl)cnc3Cl)on2)cc1.O=C(CCc1cc(-c2ccccc2)no1)c1cc(Cl)cnc1Cl. The molecule has 10 aromatic heterocycles. The summed E-state index contributed by atoms with van der Waals surface area (Å²) in [7, 11) is 0. The van der Waals surface area contributed by atoms with Crippen LogP contribution in [0.3, 0.4) is 0 Å². The van der Waals surface area contributed by atoms with Crippen molar-refractivity contribution >= 4 is 145 Å². The number of nitrogens with zero attached hydrogens (tertiary/aromatic N) is 10. The molecule has 15 aromatic rings. The summed E-state index contributed by atoms with van der Waals surface area (Å²) in [6, 6.07) is 55.3. The molecule has 0 fully saturated rings. The second-order valence-corrected chi connectivity index (χ2v) is 33.8. The monoisotopic (exact) mass is 1870 g/mol. The molecule has 10 heterocycles. The molecule has 0 saturated carbocycles. The number of aryl methyl sites for hydroxylation is 10. The van der Waals surface area contributed by atoms with Crippen molar-refractivity contribution in [3.05, 3.63) is 348 Å². The second-order valence-electron chi connectivity index (χ2n) is 29.9. The molecule has 640 valence electrons. The van der Waals surface area contributed by atoms with Crippen LogP contribution in [0.25, 0.3) is 56.3 Å². The van der Waals surface area contributed by atoms with E-state index in [2.05, 4.69) is 136 Å². The van der Waals surface area contributed by atoms with Crippen LogP contribution in [0.1, 0.15) is 174 Å². The minimum atomic E-state index is -0.137. The molecule has 0 aliphatic carbocycles. The van der Waals surface area contributed by atoms with Crippen LogP contribution in [0.5, 0.6) is 0 Å². The maximum Gasteiger partial charge on any atom is 0.166 e. The van der Waals surface area contributed by atoms with Crippen molar-refractivity contribution in [1.29, 1.82) is 0 Å². The Balaban J connectivity index is 0.000000152. The maximum atomic E-state index is 12.4. The number of ketones is 5. The van der Waals surface area contributed by atoms with Crippen molar-refractivity contribution in [1.82, 2.24) is 50.7 Å². The number of carbonyl (C=O) groups is 5. The van der Waals surface area contributed by atoms with Crippen molar-refractivity contribution in [2.45, 2.75) is 131 Å². The van der Waals surface area contributed by atoms with Gasteiger partial charge in [-0.1, -0.05) is 296 Å². The van der Waals surface area contributed by atoms with Crippen LogP contribution in [0.2, 0.25) is 50.9 Å². The molecule has 5 aromatic carbocycles. The summed E-state index contributed by atoms with van der Waals surface area (Å²) in [6.45, 7) is 16.8. The quantitative estimate of drug-likeness (QED) is 0.0360. The maximum absolute atomic E-state index is 12.4. The van der Waals surface area contributed by atoms with Gasteiger partial charge in [0.2, 0.25) is 0 Å². The molecule has 0 unspecified atom stereocenters. The van der Waals surface area contributed by atoms with Crippen molar-refractivity contribution in [2.75, 3.05) is 0 Å². The van der Waals surface area contributed by atoms with Gasteiger partial charge < -0.3 is 22.6 Å². The summed E-state index contributed by atoms with van der Waals surface area (Å²) in [4.78, 5) is 80.9. The minimum Gasteiger partial charge on any atom is -0.361 e. The first-order valence-corrected chi connectivity index (χ1v) is 43.0. The second kappa shape index (κ2) is 44.8. The number of benzene rings is 5. The number of aromatic nitrogens is 10. The fourth-order valence-electron chi connectivity index (χ4n) is 12.7. The highest BCUT2D eigenvalue weighted by Gasteiger charge is 2.23. The van der Waals surface area contributed by atoms with E-state index in [1.54, 1.807) is 0 Å². The van der Waals surface area contributed by atoms with E-state index in [4.69, 9.17) is 139 Å². The van der Waals surface area contributed by atoms with Gasteiger partial charge in [-0.25, -0.2) is 24.9 Å². The molecule has 0 amide bonds. The highest BCUT2D eigenvalue weighted by Crippen LogP contribution is 2.33. The summed E-state index contributed by atoms with van der Waals surface area (Å²) in [5, 5.41) is 23.1. The first-order chi connectivity index (χ1) is 59.8. The zero-order valence-corrected chi connectivity index (χ0v) is 76.3. The van der Waals surface area contributed by atoms with Crippen LogP contribution in [0.4, 0.5) is 0 Å². The van der Waals surface area contributed by atoms with E-state index < -0.39 is 0 Å². The van der Waals surface area contributed by atoms with Gasteiger partial charge in [-0.05, 0) is 92.1 Å². The Kier molecular flexibility index (Phi) is 34.0. The highest BCUT2D eigenvalue weighted by molar-refractivity contribution is 6.37. The smallest absolute Gasteiger partial charge is 0.166 e. The number of pyridine rings is 5. The molecule has 15 rings (SSSR count). The Morgan fingerprint density at radius 3 is 0.840 bits per heavy atom. The third kappa shape index (κ3) is 27.3. The molecular formula is C95H80Cl10N10O10. The van der Waals surface area contributed by atoms with Gasteiger partial charge >= 0.3 is 0 Å². The molecule has 0 N–H and O–H groups in total. The fourth-order valence-corrected chi connectivity index (χ4v) is 14.6. The lowest BCUT2D eigenvalue weighted by molar-refractivity contribution is 0.0972. The van der Waals surface area contributed by atoms with E-state index in [9.17, 15) is 24.0 Å². The van der Waals surface area contributed by atoms with Gasteiger partial charge in [-0.3, -0.25) is 24.0 Å². The van der Waals surface area contributed by atoms with Gasteiger partial charge in [0.1, 0.15) is 83.0 Å². The number of hydrogen-bond donors (Lipinski definition) is 0. The predicted octanol–water partition coefficient (Wildman–Crippen LogP) is 27.4. The molecule has 0 radical (unpaired) electrons. The van der Waals surface area contributed by atoms with Crippen LogP contribution in [-0.4, -0.2) is 79.6 Å². The molecule has 125 heavy (non-hydrogen) atoms. The average Bonchev–Trinajstić information content (AvgIpc) is 1.69. The zero-order valence-electron chi connectivity index (χ0n) is 68.7. The third-order valence-corrected chi connectivity index (χ3v) is 21.9. The molecule has 0 atom stereocenters. The number of hydrogen-bond acceptors (Lipinski definition) is 20. The topological polar surface area (TPSA) is 280 Å². The molecule has 20 nitrogen and oxygen atoms in total. The minimum absolute atomic E-state index is 0.102. The standard InChI is InChI=1S/C21H20Cl2N2O2.C20H18Cl2N2O2.C19H16Cl2N2O2.C18H14Cl2N2O2.C17H12Cl2N2O2/c1-21(2,3)14-6-4-13(5-7-14)18-11-16(27-25-18)8-9-19(26)17-10-15(22)12-24-20(17)23;1-11-6-12(2)19(13(3)7-11)17-9-15(26-24-17)4-5-18(25)16-8-14(21)10-23-20(16)22;1-2-12-3-5-13(6-4-12)17-10-15(25-23-17)7-8-18(24)16-9-14(20)11-22-19(16)21;1-11-2-4-12(5-3-11)16-9-14(24-22-16)6-7-17(23)15-8-13(19)10-21-18(15)20;18-12-8-14(17(19)20-10-12)16(22)7-6-13-9-15(21-23-13)11-4-2-1-3-5-11/h4-7,10-12H,8-9H2,1-3H3;6-10H,4-5H2,1-3H3;3-6,9-11H,2,7-8H2,1H3;2-5,8-10H,6-7H2,1H3;1-5,8-10H,6-7H2. The van der Waals surface area contributed by atoms with Crippen LogP contribution in [-0.2, 0) is 43.9 Å². The first-order valence-electron chi connectivity index (χ1n) is 39.2. The number of Topliss-reactive ketones (excluding diaryl/α,β-unsaturated/α-hetero) is 5. The van der Waals surface area contributed by atoms with Gasteiger partial charge in [0.15, 0.2) is 28.9 Å². The van der Waals surface area contributed by atoms with Crippen LogP contribution in [0, 0.1) is 27.7 Å². The number of rotatable bonds is 26.